The zero-order valence-corrected chi connectivity index (χ0v) is 9.53. The largest absolute Gasteiger partial charge is 0.391 e. The molecule has 0 unspecified atom stereocenters. The summed E-state index contributed by atoms with van der Waals surface area (Å²) >= 11 is 0. The van der Waals surface area contributed by atoms with Gasteiger partial charge in [-0.1, -0.05) is 0 Å². The SMILES string of the molecule is COC[C@H](C)OC[C@@H](C)OC[C@H](C)O. The van der Waals surface area contributed by atoms with Crippen LogP contribution in [0.5, 0.6) is 0 Å². The molecule has 4 heteroatoms. The molecule has 0 aliphatic heterocycles. The lowest BCUT2D eigenvalue weighted by atomic mass is 10.4. The van der Waals surface area contributed by atoms with Gasteiger partial charge < -0.3 is 19.3 Å². The van der Waals surface area contributed by atoms with Gasteiger partial charge in [0.1, 0.15) is 0 Å². The molecular weight excluding hydrogens is 184 g/mol. The quantitative estimate of drug-likeness (QED) is 0.639. The van der Waals surface area contributed by atoms with Crippen molar-refractivity contribution in [3.8, 4) is 0 Å². The predicted molar refractivity (Wildman–Crippen MR) is 54.4 cm³/mol. The van der Waals surface area contributed by atoms with E-state index in [1.54, 1.807) is 14.0 Å². The predicted octanol–water partition coefficient (Wildman–Crippen LogP) is 0.824. The summed E-state index contributed by atoms with van der Waals surface area (Å²) in [4.78, 5) is 0. The van der Waals surface area contributed by atoms with Gasteiger partial charge in [-0.05, 0) is 20.8 Å². The molecule has 4 nitrogen and oxygen atoms in total. The van der Waals surface area contributed by atoms with E-state index in [1.165, 1.54) is 0 Å². The normalized spacial score (nSPS) is 17.8. The third kappa shape index (κ3) is 8.44. The summed E-state index contributed by atoms with van der Waals surface area (Å²) in [6.07, 6.45) is -0.338. The highest BCUT2D eigenvalue weighted by atomic mass is 16.6. The van der Waals surface area contributed by atoms with Gasteiger partial charge in [-0.3, -0.25) is 0 Å². The molecule has 0 saturated carbocycles. The Balaban J connectivity index is 3.38. The molecule has 0 aliphatic carbocycles. The molecule has 0 aliphatic rings. The maximum Gasteiger partial charge on any atom is 0.0781 e. The van der Waals surface area contributed by atoms with E-state index >= 15 is 0 Å². The van der Waals surface area contributed by atoms with E-state index in [-0.39, 0.29) is 12.2 Å². The molecule has 14 heavy (non-hydrogen) atoms. The molecule has 3 atom stereocenters. The van der Waals surface area contributed by atoms with Crippen molar-refractivity contribution in [2.24, 2.45) is 0 Å². The van der Waals surface area contributed by atoms with Crippen LogP contribution in [0, 0.1) is 0 Å². The van der Waals surface area contributed by atoms with Crippen molar-refractivity contribution in [1.29, 1.82) is 0 Å². The first-order valence-electron chi connectivity index (χ1n) is 4.96. The lowest BCUT2D eigenvalue weighted by Gasteiger charge is -2.17. The summed E-state index contributed by atoms with van der Waals surface area (Å²) in [6, 6.07) is 0. The first-order valence-corrected chi connectivity index (χ1v) is 4.96. The molecule has 0 bridgehead atoms. The molecule has 0 rings (SSSR count). The molecule has 0 fully saturated rings. The van der Waals surface area contributed by atoms with Crippen LogP contribution >= 0.6 is 0 Å². The van der Waals surface area contributed by atoms with Crippen LogP contribution in [0.2, 0.25) is 0 Å². The van der Waals surface area contributed by atoms with Gasteiger partial charge in [0.15, 0.2) is 0 Å². The molecule has 0 spiro atoms. The second-order valence-corrected chi connectivity index (χ2v) is 3.59. The molecule has 0 amide bonds. The average molecular weight is 206 g/mol. The Hall–Kier alpha value is -0.160. The fraction of sp³-hybridized carbons (Fsp3) is 1.00. The van der Waals surface area contributed by atoms with Crippen molar-refractivity contribution in [3.63, 3.8) is 0 Å². The summed E-state index contributed by atoms with van der Waals surface area (Å²) in [5, 5.41) is 8.98. The Morgan fingerprint density at radius 2 is 1.43 bits per heavy atom. The van der Waals surface area contributed by atoms with Crippen molar-refractivity contribution in [2.75, 3.05) is 26.9 Å². The molecule has 0 radical (unpaired) electrons. The molecular formula is C10H22O4. The number of hydrogen-bond acceptors (Lipinski definition) is 4. The minimum absolute atomic E-state index is 0.00362. The lowest BCUT2D eigenvalue weighted by molar-refractivity contribution is -0.0657. The summed E-state index contributed by atoms with van der Waals surface area (Å²) < 4.78 is 15.7. The zero-order valence-electron chi connectivity index (χ0n) is 9.53. The number of rotatable bonds is 8. The number of methoxy groups -OCH3 is 1. The first-order chi connectivity index (χ1) is 6.56. The van der Waals surface area contributed by atoms with Gasteiger partial charge in [-0.25, -0.2) is 0 Å². The first kappa shape index (κ1) is 13.8. The smallest absolute Gasteiger partial charge is 0.0781 e. The van der Waals surface area contributed by atoms with E-state index in [2.05, 4.69) is 0 Å². The monoisotopic (exact) mass is 206 g/mol. The minimum atomic E-state index is -0.422. The van der Waals surface area contributed by atoms with E-state index in [0.29, 0.717) is 19.8 Å². The molecule has 0 aromatic carbocycles. The van der Waals surface area contributed by atoms with Crippen LogP contribution in [0.1, 0.15) is 20.8 Å². The Labute approximate surface area is 86.2 Å². The van der Waals surface area contributed by atoms with Gasteiger partial charge in [0.2, 0.25) is 0 Å². The summed E-state index contributed by atoms with van der Waals surface area (Å²) in [7, 11) is 1.65. The highest BCUT2D eigenvalue weighted by Crippen LogP contribution is 1.98. The van der Waals surface area contributed by atoms with Gasteiger partial charge >= 0.3 is 0 Å². The number of aliphatic hydroxyl groups is 1. The van der Waals surface area contributed by atoms with Gasteiger partial charge in [-0.15, -0.1) is 0 Å². The fourth-order valence-electron chi connectivity index (χ4n) is 0.934. The van der Waals surface area contributed by atoms with Crippen molar-refractivity contribution in [2.45, 2.75) is 39.1 Å². The van der Waals surface area contributed by atoms with E-state index in [4.69, 9.17) is 19.3 Å². The van der Waals surface area contributed by atoms with E-state index < -0.39 is 6.10 Å². The fourth-order valence-corrected chi connectivity index (χ4v) is 0.934. The Bertz CT molecular complexity index is 127. The van der Waals surface area contributed by atoms with Crippen LogP contribution < -0.4 is 0 Å². The maximum absolute atomic E-state index is 8.98. The third-order valence-electron chi connectivity index (χ3n) is 1.64. The Kier molecular flexibility index (Phi) is 8.08. The zero-order chi connectivity index (χ0) is 11.0. The van der Waals surface area contributed by atoms with Crippen LogP contribution in [-0.2, 0) is 14.2 Å². The average Bonchev–Trinajstić information content (AvgIpc) is 2.12. The number of hydrogen-bond donors (Lipinski definition) is 1. The highest BCUT2D eigenvalue weighted by molar-refractivity contribution is 4.53. The second kappa shape index (κ2) is 8.17. The molecule has 86 valence electrons. The standard InChI is InChI=1S/C10H22O4/c1-8(11)5-13-10(3)7-14-9(2)6-12-4/h8-11H,5-7H2,1-4H3/t8-,9-,10+/m0/s1. The van der Waals surface area contributed by atoms with Gasteiger partial charge in [0.05, 0.1) is 38.1 Å². The van der Waals surface area contributed by atoms with Crippen molar-refractivity contribution >= 4 is 0 Å². The maximum atomic E-state index is 8.98. The van der Waals surface area contributed by atoms with Crippen LogP contribution in [0.25, 0.3) is 0 Å². The van der Waals surface area contributed by atoms with E-state index in [1.807, 2.05) is 13.8 Å². The van der Waals surface area contributed by atoms with Crippen molar-refractivity contribution in [1.82, 2.24) is 0 Å². The number of aliphatic hydroxyl groups excluding tert-OH is 1. The van der Waals surface area contributed by atoms with Gasteiger partial charge in [0.25, 0.3) is 0 Å². The second-order valence-electron chi connectivity index (χ2n) is 3.59. The molecule has 0 heterocycles. The number of ether oxygens (including phenoxy) is 3. The Morgan fingerprint density at radius 3 is 1.93 bits per heavy atom. The van der Waals surface area contributed by atoms with Crippen LogP contribution in [0.15, 0.2) is 0 Å². The van der Waals surface area contributed by atoms with E-state index in [9.17, 15) is 0 Å². The van der Waals surface area contributed by atoms with Crippen LogP contribution in [0.3, 0.4) is 0 Å². The minimum Gasteiger partial charge on any atom is -0.391 e. The van der Waals surface area contributed by atoms with Crippen LogP contribution in [0.4, 0.5) is 0 Å². The van der Waals surface area contributed by atoms with Crippen LogP contribution in [-0.4, -0.2) is 50.3 Å². The summed E-state index contributed by atoms with van der Waals surface area (Å²) in [5.41, 5.74) is 0. The summed E-state index contributed by atoms with van der Waals surface area (Å²) in [6.45, 7) is 7.03. The van der Waals surface area contributed by atoms with Gasteiger partial charge in [0, 0.05) is 7.11 Å². The molecule has 0 saturated heterocycles. The Morgan fingerprint density at radius 1 is 0.929 bits per heavy atom. The van der Waals surface area contributed by atoms with E-state index in [0.717, 1.165) is 0 Å². The highest BCUT2D eigenvalue weighted by Gasteiger charge is 2.07. The molecule has 0 aromatic heterocycles. The summed E-state index contributed by atoms with van der Waals surface area (Å²) in [5.74, 6) is 0. The lowest BCUT2D eigenvalue weighted by Crippen LogP contribution is -2.25. The third-order valence-corrected chi connectivity index (χ3v) is 1.64. The van der Waals surface area contributed by atoms with Gasteiger partial charge in [-0.2, -0.15) is 0 Å². The topological polar surface area (TPSA) is 47.9 Å². The molecule has 1 N–H and O–H groups in total. The molecule has 0 aromatic rings. The van der Waals surface area contributed by atoms with Crippen molar-refractivity contribution < 1.29 is 19.3 Å². The van der Waals surface area contributed by atoms with Crippen molar-refractivity contribution in [3.05, 3.63) is 0 Å².